The number of hydrogen-bond acceptors (Lipinski definition) is 3. The van der Waals surface area contributed by atoms with Gasteiger partial charge < -0.3 is 14.6 Å². The molecule has 0 aromatic heterocycles. The maximum absolute atomic E-state index is 9.20. The van der Waals surface area contributed by atoms with Gasteiger partial charge in [-0.3, -0.25) is 0 Å². The minimum atomic E-state index is 0.241. The van der Waals surface area contributed by atoms with Gasteiger partial charge >= 0.3 is 0 Å². The monoisotopic (exact) mass is 194 g/mol. The van der Waals surface area contributed by atoms with Crippen molar-refractivity contribution < 1.29 is 14.6 Å². The zero-order valence-corrected chi connectivity index (χ0v) is 7.98. The zero-order chi connectivity index (χ0) is 9.80. The van der Waals surface area contributed by atoms with Gasteiger partial charge in [-0.2, -0.15) is 0 Å². The van der Waals surface area contributed by atoms with Crippen molar-refractivity contribution in [3.8, 4) is 11.5 Å². The van der Waals surface area contributed by atoms with E-state index >= 15 is 0 Å². The van der Waals surface area contributed by atoms with Gasteiger partial charge in [0.15, 0.2) is 0 Å². The summed E-state index contributed by atoms with van der Waals surface area (Å²) in [7, 11) is 0. The fraction of sp³-hybridized carbons (Fsp3) is 0.455. The average molecular weight is 194 g/mol. The van der Waals surface area contributed by atoms with E-state index in [1.807, 2.05) is 6.07 Å². The second-order valence-electron chi connectivity index (χ2n) is 3.54. The van der Waals surface area contributed by atoms with Crippen molar-refractivity contribution >= 4 is 0 Å². The summed E-state index contributed by atoms with van der Waals surface area (Å²) in [4.78, 5) is 0. The van der Waals surface area contributed by atoms with Crippen molar-refractivity contribution in [2.75, 3.05) is 19.8 Å². The number of hydrogen-bond donors (Lipinski definition) is 1. The molecule has 1 unspecified atom stereocenters. The van der Waals surface area contributed by atoms with Crippen LogP contribution >= 0.6 is 0 Å². The minimum absolute atomic E-state index is 0.241. The van der Waals surface area contributed by atoms with E-state index in [2.05, 4.69) is 0 Å². The van der Waals surface area contributed by atoms with Crippen molar-refractivity contribution in [2.45, 2.75) is 6.42 Å². The Morgan fingerprint density at radius 2 is 2.43 bits per heavy atom. The van der Waals surface area contributed by atoms with Gasteiger partial charge in [0, 0.05) is 18.6 Å². The minimum Gasteiger partial charge on any atom is -0.508 e. The van der Waals surface area contributed by atoms with Gasteiger partial charge in [0.2, 0.25) is 0 Å². The highest BCUT2D eigenvalue weighted by Crippen LogP contribution is 2.20. The molecule has 1 N–H and O–H groups in total. The van der Waals surface area contributed by atoms with Crippen LogP contribution in [0, 0.1) is 5.92 Å². The van der Waals surface area contributed by atoms with E-state index in [-0.39, 0.29) is 5.75 Å². The molecule has 1 atom stereocenters. The predicted molar refractivity (Wildman–Crippen MR) is 52.5 cm³/mol. The van der Waals surface area contributed by atoms with Crippen molar-refractivity contribution in [3.63, 3.8) is 0 Å². The molecular weight excluding hydrogens is 180 g/mol. The third kappa shape index (κ3) is 2.39. The van der Waals surface area contributed by atoms with Crippen molar-refractivity contribution in [2.24, 2.45) is 5.92 Å². The van der Waals surface area contributed by atoms with Crippen LogP contribution in [-0.4, -0.2) is 24.9 Å². The van der Waals surface area contributed by atoms with E-state index in [9.17, 15) is 5.11 Å². The molecule has 0 aliphatic carbocycles. The highest BCUT2D eigenvalue weighted by atomic mass is 16.5. The second-order valence-corrected chi connectivity index (χ2v) is 3.54. The number of benzene rings is 1. The van der Waals surface area contributed by atoms with Gasteiger partial charge in [0.1, 0.15) is 11.5 Å². The number of phenols is 1. The van der Waals surface area contributed by atoms with Gasteiger partial charge in [0.05, 0.1) is 13.2 Å². The van der Waals surface area contributed by atoms with Crippen LogP contribution in [0.15, 0.2) is 24.3 Å². The molecule has 0 radical (unpaired) electrons. The molecule has 3 nitrogen and oxygen atoms in total. The summed E-state index contributed by atoms with van der Waals surface area (Å²) in [6.45, 7) is 2.30. The predicted octanol–water partition coefficient (Wildman–Crippen LogP) is 1.81. The molecule has 2 rings (SSSR count). The number of aromatic hydroxyl groups is 1. The largest absolute Gasteiger partial charge is 0.508 e. The van der Waals surface area contributed by atoms with Crippen LogP contribution < -0.4 is 4.74 Å². The summed E-state index contributed by atoms with van der Waals surface area (Å²) in [5.41, 5.74) is 0. The Kier molecular flexibility index (Phi) is 2.89. The smallest absolute Gasteiger partial charge is 0.122 e. The molecule has 1 fully saturated rings. The number of rotatable bonds is 3. The van der Waals surface area contributed by atoms with Crippen molar-refractivity contribution in [1.82, 2.24) is 0 Å². The molecule has 1 saturated heterocycles. The Bertz CT molecular complexity index is 292. The molecule has 0 saturated carbocycles. The first kappa shape index (κ1) is 9.34. The summed E-state index contributed by atoms with van der Waals surface area (Å²) in [5.74, 6) is 1.46. The molecule has 1 aliphatic rings. The molecule has 3 heteroatoms. The molecule has 76 valence electrons. The molecule has 0 amide bonds. The van der Waals surface area contributed by atoms with Gasteiger partial charge in [-0.15, -0.1) is 0 Å². The molecule has 0 bridgehead atoms. The maximum Gasteiger partial charge on any atom is 0.122 e. The van der Waals surface area contributed by atoms with Crippen LogP contribution in [0.1, 0.15) is 6.42 Å². The van der Waals surface area contributed by atoms with E-state index in [1.54, 1.807) is 18.2 Å². The summed E-state index contributed by atoms with van der Waals surface area (Å²) in [5, 5.41) is 9.20. The van der Waals surface area contributed by atoms with Crippen molar-refractivity contribution in [3.05, 3.63) is 24.3 Å². The molecule has 0 spiro atoms. The van der Waals surface area contributed by atoms with Gasteiger partial charge in [-0.1, -0.05) is 6.07 Å². The lowest BCUT2D eigenvalue weighted by Crippen LogP contribution is -2.11. The van der Waals surface area contributed by atoms with E-state index in [4.69, 9.17) is 9.47 Å². The maximum atomic E-state index is 9.20. The number of phenolic OH excluding ortho intramolecular Hbond substituents is 1. The van der Waals surface area contributed by atoms with Crippen LogP contribution in [-0.2, 0) is 4.74 Å². The van der Waals surface area contributed by atoms with Crippen LogP contribution in [0.2, 0.25) is 0 Å². The zero-order valence-electron chi connectivity index (χ0n) is 7.98. The molecular formula is C11H14O3. The van der Waals surface area contributed by atoms with E-state index in [0.717, 1.165) is 25.4 Å². The highest BCUT2D eigenvalue weighted by molar-refractivity contribution is 5.31. The van der Waals surface area contributed by atoms with Gasteiger partial charge in [0.25, 0.3) is 0 Å². The second kappa shape index (κ2) is 4.33. The normalized spacial score (nSPS) is 21.0. The summed E-state index contributed by atoms with van der Waals surface area (Å²) in [6, 6.07) is 6.87. The van der Waals surface area contributed by atoms with Crippen LogP contribution in [0.25, 0.3) is 0 Å². The highest BCUT2D eigenvalue weighted by Gasteiger charge is 2.15. The Balaban J connectivity index is 1.85. The fourth-order valence-corrected chi connectivity index (χ4v) is 1.50. The summed E-state index contributed by atoms with van der Waals surface area (Å²) in [6.07, 6.45) is 1.07. The first-order chi connectivity index (χ1) is 6.84. The lowest BCUT2D eigenvalue weighted by atomic mass is 10.1. The molecule has 14 heavy (non-hydrogen) atoms. The van der Waals surface area contributed by atoms with Crippen molar-refractivity contribution in [1.29, 1.82) is 0 Å². The Labute approximate surface area is 83.3 Å². The Morgan fingerprint density at radius 3 is 3.14 bits per heavy atom. The quantitative estimate of drug-likeness (QED) is 0.797. The lowest BCUT2D eigenvalue weighted by Gasteiger charge is -2.10. The molecule has 1 heterocycles. The molecule has 1 aromatic carbocycles. The third-order valence-corrected chi connectivity index (χ3v) is 2.33. The Morgan fingerprint density at radius 1 is 1.50 bits per heavy atom. The topological polar surface area (TPSA) is 38.7 Å². The van der Waals surface area contributed by atoms with Crippen LogP contribution in [0.4, 0.5) is 0 Å². The first-order valence-corrected chi connectivity index (χ1v) is 4.84. The van der Waals surface area contributed by atoms with Gasteiger partial charge in [-0.25, -0.2) is 0 Å². The summed E-state index contributed by atoms with van der Waals surface area (Å²) >= 11 is 0. The first-order valence-electron chi connectivity index (χ1n) is 4.84. The SMILES string of the molecule is Oc1cccc(OCC2CCOC2)c1. The lowest BCUT2D eigenvalue weighted by molar-refractivity contribution is 0.167. The number of ether oxygens (including phenoxy) is 2. The van der Waals surface area contributed by atoms with Gasteiger partial charge in [-0.05, 0) is 18.6 Å². The Hall–Kier alpha value is -1.22. The fourth-order valence-electron chi connectivity index (χ4n) is 1.50. The standard InChI is InChI=1S/C11H14O3/c12-10-2-1-3-11(6-10)14-8-9-4-5-13-7-9/h1-3,6,9,12H,4-5,7-8H2. The average Bonchev–Trinajstić information content (AvgIpc) is 2.67. The van der Waals surface area contributed by atoms with Crippen LogP contribution in [0.5, 0.6) is 11.5 Å². The summed E-state index contributed by atoms with van der Waals surface area (Å²) < 4.78 is 10.8. The van der Waals surface area contributed by atoms with Crippen LogP contribution in [0.3, 0.4) is 0 Å². The third-order valence-electron chi connectivity index (χ3n) is 2.33. The van der Waals surface area contributed by atoms with E-state index in [0.29, 0.717) is 12.5 Å². The van der Waals surface area contributed by atoms with E-state index in [1.165, 1.54) is 0 Å². The van der Waals surface area contributed by atoms with E-state index < -0.39 is 0 Å². The molecule has 1 aliphatic heterocycles. The molecule has 1 aromatic rings.